The van der Waals surface area contributed by atoms with Gasteiger partial charge in [0.25, 0.3) is 0 Å². The molecule has 23 heavy (non-hydrogen) atoms. The number of hydrogen-bond acceptors (Lipinski definition) is 4. The van der Waals surface area contributed by atoms with Gasteiger partial charge in [-0.05, 0) is 58.0 Å². The molecule has 0 radical (unpaired) electrons. The van der Waals surface area contributed by atoms with Crippen molar-refractivity contribution in [2.24, 2.45) is 0 Å². The molecule has 2 unspecified atom stereocenters. The fourth-order valence-corrected chi connectivity index (χ4v) is 4.38. The maximum absolute atomic E-state index is 5.03. The molecule has 2 aliphatic heterocycles. The van der Waals surface area contributed by atoms with Crippen LogP contribution in [0.15, 0.2) is 18.3 Å². The molecule has 0 spiro atoms. The van der Waals surface area contributed by atoms with Crippen molar-refractivity contribution in [2.45, 2.75) is 44.7 Å². The average molecular weight is 313 g/mol. The van der Waals surface area contributed by atoms with Gasteiger partial charge in [0.15, 0.2) is 5.65 Å². The largest absolute Gasteiger partial charge is 0.306 e. The van der Waals surface area contributed by atoms with Crippen molar-refractivity contribution < 1.29 is 0 Å². The molecule has 4 heterocycles. The number of nitrogens with zero attached hydrogens (tertiary/aromatic N) is 5. The second-order valence-electron chi connectivity index (χ2n) is 7.04. The van der Waals surface area contributed by atoms with E-state index in [1.54, 1.807) is 0 Å². The zero-order valence-electron chi connectivity index (χ0n) is 14.3. The first-order chi connectivity index (χ1) is 11.3. The smallest absolute Gasteiger partial charge is 0.161 e. The number of aromatic nitrogens is 3. The summed E-state index contributed by atoms with van der Waals surface area (Å²) < 4.78 is 2.47. The lowest BCUT2D eigenvalue weighted by molar-refractivity contribution is 0.190. The third-order valence-corrected chi connectivity index (χ3v) is 5.50. The van der Waals surface area contributed by atoms with Gasteiger partial charge in [0.2, 0.25) is 0 Å². The van der Waals surface area contributed by atoms with E-state index < -0.39 is 0 Å². The standard InChI is InChI=1S/C18H27N5/c1-3-22-12-6-9-16(22)23-17(14-7-5-11-21(2)13-14)20-15-8-4-10-19-18(15)23/h4,8,10,14,16H,3,5-7,9,11-13H2,1-2H3. The normalized spacial score (nSPS) is 27.0. The highest BCUT2D eigenvalue weighted by Crippen LogP contribution is 2.35. The van der Waals surface area contributed by atoms with E-state index in [4.69, 9.17) is 4.98 Å². The molecule has 0 saturated carbocycles. The highest BCUT2D eigenvalue weighted by atomic mass is 15.3. The number of pyridine rings is 1. The van der Waals surface area contributed by atoms with Crippen molar-refractivity contribution in [3.05, 3.63) is 24.2 Å². The molecule has 2 saturated heterocycles. The van der Waals surface area contributed by atoms with E-state index in [0.717, 1.165) is 24.3 Å². The summed E-state index contributed by atoms with van der Waals surface area (Å²) >= 11 is 0. The molecule has 2 atom stereocenters. The minimum atomic E-state index is 0.433. The minimum absolute atomic E-state index is 0.433. The Hall–Kier alpha value is -1.46. The molecule has 0 aromatic carbocycles. The van der Waals surface area contributed by atoms with Crippen LogP contribution in [0.2, 0.25) is 0 Å². The van der Waals surface area contributed by atoms with E-state index in [1.165, 1.54) is 44.6 Å². The van der Waals surface area contributed by atoms with E-state index in [1.807, 2.05) is 12.3 Å². The van der Waals surface area contributed by atoms with Gasteiger partial charge >= 0.3 is 0 Å². The van der Waals surface area contributed by atoms with E-state index >= 15 is 0 Å². The summed E-state index contributed by atoms with van der Waals surface area (Å²) in [4.78, 5) is 14.7. The lowest BCUT2D eigenvalue weighted by Crippen LogP contribution is -2.34. The first-order valence-corrected chi connectivity index (χ1v) is 9.03. The van der Waals surface area contributed by atoms with Crippen LogP contribution in [0.3, 0.4) is 0 Å². The monoisotopic (exact) mass is 313 g/mol. The van der Waals surface area contributed by atoms with Crippen molar-refractivity contribution in [3.63, 3.8) is 0 Å². The van der Waals surface area contributed by atoms with Crippen LogP contribution in [0.1, 0.15) is 50.5 Å². The van der Waals surface area contributed by atoms with Gasteiger partial charge in [0.1, 0.15) is 11.3 Å². The number of imidazole rings is 1. The fourth-order valence-electron chi connectivity index (χ4n) is 4.38. The van der Waals surface area contributed by atoms with Crippen LogP contribution >= 0.6 is 0 Å². The Morgan fingerprint density at radius 2 is 2.09 bits per heavy atom. The molecule has 0 amide bonds. The van der Waals surface area contributed by atoms with Gasteiger partial charge in [-0.3, -0.25) is 9.47 Å². The third-order valence-electron chi connectivity index (χ3n) is 5.50. The Morgan fingerprint density at radius 1 is 1.22 bits per heavy atom. The summed E-state index contributed by atoms with van der Waals surface area (Å²) in [6.07, 6.45) is 7.33. The highest BCUT2D eigenvalue weighted by molar-refractivity contribution is 5.71. The molecule has 5 heteroatoms. The van der Waals surface area contributed by atoms with Crippen LogP contribution in [0.4, 0.5) is 0 Å². The molecule has 2 aromatic heterocycles. The molecular formula is C18H27N5. The molecule has 124 valence electrons. The molecule has 2 fully saturated rings. The quantitative estimate of drug-likeness (QED) is 0.873. The van der Waals surface area contributed by atoms with Crippen molar-refractivity contribution in [1.82, 2.24) is 24.3 Å². The van der Waals surface area contributed by atoms with E-state index in [9.17, 15) is 0 Å². The van der Waals surface area contributed by atoms with Gasteiger partial charge in [-0.15, -0.1) is 0 Å². The molecular weight excluding hydrogens is 286 g/mol. The minimum Gasteiger partial charge on any atom is -0.306 e. The second-order valence-corrected chi connectivity index (χ2v) is 7.04. The summed E-state index contributed by atoms with van der Waals surface area (Å²) in [5.74, 6) is 1.79. The number of likely N-dealkylation sites (N-methyl/N-ethyl adjacent to an activating group) is 1. The zero-order valence-corrected chi connectivity index (χ0v) is 14.3. The van der Waals surface area contributed by atoms with Crippen LogP contribution in [-0.4, -0.2) is 57.6 Å². The van der Waals surface area contributed by atoms with Crippen molar-refractivity contribution in [3.8, 4) is 0 Å². The lowest BCUT2D eigenvalue weighted by atomic mass is 9.97. The number of fused-ring (bicyclic) bond motifs is 1. The van der Waals surface area contributed by atoms with Gasteiger partial charge in [-0.25, -0.2) is 9.97 Å². The highest BCUT2D eigenvalue weighted by Gasteiger charge is 2.32. The Balaban J connectivity index is 1.81. The first-order valence-electron chi connectivity index (χ1n) is 9.03. The number of rotatable bonds is 3. The molecule has 2 aliphatic rings. The van der Waals surface area contributed by atoms with E-state index in [0.29, 0.717) is 12.1 Å². The molecule has 4 rings (SSSR count). The molecule has 5 nitrogen and oxygen atoms in total. The average Bonchev–Trinajstić information content (AvgIpc) is 3.18. The summed E-state index contributed by atoms with van der Waals surface area (Å²) in [5.41, 5.74) is 2.12. The maximum atomic E-state index is 5.03. The van der Waals surface area contributed by atoms with Crippen LogP contribution in [0.5, 0.6) is 0 Å². The van der Waals surface area contributed by atoms with Crippen molar-refractivity contribution >= 4 is 11.2 Å². The fraction of sp³-hybridized carbons (Fsp3) is 0.667. The number of piperidine rings is 1. The maximum Gasteiger partial charge on any atom is 0.161 e. The third kappa shape index (κ3) is 2.66. The topological polar surface area (TPSA) is 37.2 Å². The lowest BCUT2D eigenvalue weighted by Gasteiger charge is -2.32. The van der Waals surface area contributed by atoms with E-state index in [-0.39, 0.29) is 0 Å². The SMILES string of the molecule is CCN1CCCC1n1c(C2CCCN(C)C2)nc2cccnc21. The first kappa shape index (κ1) is 15.1. The van der Waals surface area contributed by atoms with Crippen LogP contribution < -0.4 is 0 Å². The Kier molecular flexibility index (Phi) is 4.07. The van der Waals surface area contributed by atoms with Crippen LogP contribution in [0, 0.1) is 0 Å². The Labute approximate surface area is 138 Å². The van der Waals surface area contributed by atoms with Crippen LogP contribution in [0.25, 0.3) is 11.2 Å². The molecule has 0 N–H and O–H groups in total. The molecule has 0 aliphatic carbocycles. The summed E-state index contributed by atoms with van der Waals surface area (Å²) in [6, 6.07) is 4.11. The summed E-state index contributed by atoms with van der Waals surface area (Å²) in [6.45, 7) is 6.87. The van der Waals surface area contributed by atoms with Crippen molar-refractivity contribution in [1.29, 1.82) is 0 Å². The number of hydrogen-bond donors (Lipinski definition) is 0. The predicted molar refractivity (Wildman–Crippen MR) is 92.5 cm³/mol. The summed E-state index contributed by atoms with van der Waals surface area (Å²) in [5, 5.41) is 0. The van der Waals surface area contributed by atoms with Gasteiger partial charge in [-0.2, -0.15) is 0 Å². The van der Waals surface area contributed by atoms with Gasteiger partial charge < -0.3 is 4.90 Å². The van der Waals surface area contributed by atoms with E-state index in [2.05, 4.69) is 39.4 Å². The number of likely N-dealkylation sites (tertiary alicyclic amines) is 2. The van der Waals surface area contributed by atoms with Gasteiger partial charge in [0, 0.05) is 25.2 Å². The van der Waals surface area contributed by atoms with Gasteiger partial charge in [0.05, 0.1) is 6.17 Å². The zero-order chi connectivity index (χ0) is 15.8. The molecule has 2 aromatic rings. The van der Waals surface area contributed by atoms with Gasteiger partial charge in [-0.1, -0.05) is 6.92 Å². The van der Waals surface area contributed by atoms with Crippen LogP contribution in [-0.2, 0) is 0 Å². The second kappa shape index (κ2) is 6.21. The Bertz CT molecular complexity index is 679. The Morgan fingerprint density at radius 3 is 2.91 bits per heavy atom. The summed E-state index contributed by atoms with van der Waals surface area (Å²) in [7, 11) is 2.23. The molecule has 0 bridgehead atoms. The van der Waals surface area contributed by atoms with Crippen molar-refractivity contribution in [2.75, 3.05) is 33.2 Å². The predicted octanol–water partition coefficient (Wildman–Crippen LogP) is 2.85.